The van der Waals surface area contributed by atoms with E-state index < -0.39 is 5.63 Å². The molecule has 0 radical (unpaired) electrons. The van der Waals surface area contributed by atoms with Crippen LogP contribution in [0.25, 0.3) is 16.5 Å². The van der Waals surface area contributed by atoms with Crippen LogP contribution in [0.2, 0.25) is 0 Å². The van der Waals surface area contributed by atoms with Crippen LogP contribution in [0.1, 0.15) is 5.56 Å². The maximum atomic E-state index is 11.7. The van der Waals surface area contributed by atoms with Gasteiger partial charge in [-0.15, -0.1) is 0 Å². The van der Waals surface area contributed by atoms with E-state index in [4.69, 9.17) is 4.42 Å². The molecule has 1 aromatic carbocycles. The van der Waals surface area contributed by atoms with Gasteiger partial charge in [0.25, 0.3) is 0 Å². The number of aromatic nitrogens is 2. The maximum absolute atomic E-state index is 11.7. The Morgan fingerprint density at radius 2 is 2.13 bits per heavy atom. The van der Waals surface area contributed by atoms with Crippen molar-refractivity contribution >= 4 is 28.2 Å². The van der Waals surface area contributed by atoms with Gasteiger partial charge in [-0.2, -0.15) is 0 Å². The third kappa shape index (κ3) is 2.57. The maximum Gasteiger partial charge on any atom is 0.336 e. The fourth-order valence-electron chi connectivity index (χ4n) is 2.51. The number of phenols is 1. The summed E-state index contributed by atoms with van der Waals surface area (Å²) in [7, 11) is 0. The highest BCUT2D eigenvalue weighted by atomic mass is 32.2. The minimum Gasteiger partial charge on any atom is -0.508 e. The summed E-state index contributed by atoms with van der Waals surface area (Å²) in [6, 6.07) is 12.2. The number of nitrogens with zero attached hydrogens (tertiary/aromatic N) is 2. The Labute approximate surface area is 135 Å². The summed E-state index contributed by atoms with van der Waals surface area (Å²) in [6.45, 7) is 0. The molecule has 0 spiro atoms. The van der Waals surface area contributed by atoms with Crippen molar-refractivity contribution in [1.29, 1.82) is 0 Å². The van der Waals surface area contributed by atoms with Gasteiger partial charge in [0.05, 0.1) is 11.7 Å². The molecular weight excluding hydrogens is 312 g/mol. The SMILES string of the molecule is O=c1cc(CSc2ncc3ccccn23)c2ccc(O)cc2o1. The average Bonchev–Trinajstić information content (AvgIpc) is 2.95. The van der Waals surface area contributed by atoms with Gasteiger partial charge in [0.2, 0.25) is 0 Å². The molecular formula is C17H12N2O3S. The lowest BCUT2D eigenvalue weighted by molar-refractivity contribution is 0.473. The summed E-state index contributed by atoms with van der Waals surface area (Å²) in [5, 5.41) is 11.2. The predicted octanol–water partition coefficient (Wildman–Crippen LogP) is 3.44. The van der Waals surface area contributed by atoms with E-state index in [1.54, 1.807) is 23.9 Å². The first-order valence-corrected chi connectivity index (χ1v) is 8.00. The Morgan fingerprint density at radius 1 is 1.22 bits per heavy atom. The van der Waals surface area contributed by atoms with Gasteiger partial charge in [0.1, 0.15) is 11.3 Å². The third-order valence-corrected chi connectivity index (χ3v) is 4.59. The zero-order valence-corrected chi connectivity index (χ0v) is 12.8. The molecule has 0 bridgehead atoms. The summed E-state index contributed by atoms with van der Waals surface area (Å²) in [6.07, 6.45) is 3.78. The molecule has 0 saturated heterocycles. The van der Waals surface area contributed by atoms with Crippen LogP contribution in [0.5, 0.6) is 5.75 Å². The number of hydrogen-bond donors (Lipinski definition) is 1. The monoisotopic (exact) mass is 324 g/mol. The van der Waals surface area contributed by atoms with Gasteiger partial charge < -0.3 is 9.52 Å². The number of pyridine rings is 1. The lowest BCUT2D eigenvalue weighted by Crippen LogP contribution is -2.00. The smallest absolute Gasteiger partial charge is 0.336 e. The fraction of sp³-hybridized carbons (Fsp3) is 0.0588. The minimum absolute atomic E-state index is 0.0738. The number of rotatable bonds is 3. The van der Waals surface area contributed by atoms with Gasteiger partial charge in [-0.1, -0.05) is 17.8 Å². The summed E-state index contributed by atoms with van der Waals surface area (Å²) in [5.41, 5.74) is 1.85. The largest absolute Gasteiger partial charge is 0.508 e. The van der Waals surface area contributed by atoms with Crippen molar-refractivity contribution in [2.24, 2.45) is 0 Å². The molecule has 0 aliphatic carbocycles. The molecule has 3 aromatic heterocycles. The summed E-state index contributed by atoms with van der Waals surface area (Å²) >= 11 is 1.55. The van der Waals surface area contributed by atoms with Crippen LogP contribution in [-0.2, 0) is 5.75 Å². The van der Waals surface area contributed by atoms with E-state index in [1.165, 1.54) is 12.1 Å². The molecule has 5 nitrogen and oxygen atoms in total. The van der Waals surface area contributed by atoms with Crippen molar-refractivity contribution in [2.45, 2.75) is 10.9 Å². The number of fused-ring (bicyclic) bond motifs is 2. The van der Waals surface area contributed by atoms with E-state index >= 15 is 0 Å². The Kier molecular flexibility index (Phi) is 3.31. The van der Waals surface area contributed by atoms with Gasteiger partial charge in [-0.25, -0.2) is 9.78 Å². The van der Waals surface area contributed by atoms with E-state index in [2.05, 4.69) is 4.98 Å². The van der Waals surface area contributed by atoms with E-state index in [9.17, 15) is 9.90 Å². The molecule has 0 atom stereocenters. The number of phenolic OH excluding ortho intramolecular Hbond substituents is 1. The van der Waals surface area contributed by atoms with Crippen molar-refractivity contribution in [3.05, 3.63) is 70.8 Å². The number of hydrogen-bond acceptors (Lipinski definition) is 5. The van der Waals surface area contributed by atoms with E-state index in [1.807, 2.05) is 35.0 Å². The number of benzene rings is 1. The predicted molar refractivity (Wildman–Crippen MR) is 88.9 cm³/mol. The summed E-state index contributed by atoms with van der Waals surface area (Å²) in [4.78, 5) is 16.1. The summed E-state index contributed by atoms with van der Waals surface area (Å²) in [5.74, 6) is 0.658. The van der Waals surface area contributed by atoms with E-state index in [0.29, 0.717) is 11.3 Å². The molecule has 3 heterocycles. The van der Waals surface area contributed by atoms with Crippen LogP contribution in [0.15, 0.2) is 69.2 Å². The topological polar surface area (TPSA) is 67.7 Å². The minimum atomic E-state index is -0.424. The van der Waals surface area contributed by atoms with Crippen molar-refractivity contribution in [2.75, 3.05) is 0 Å². The zero-order valence-electron chi connectivity index (χ0n) is 12.0. The van der Waals surface area contributed by atoms with Crippen molar-refractivity contribution in [1.82, 2.24) is 9.38 Å². The Hall–Kier alpha value is -2.73. The van der Waals surface area contributed by atoms with Crippen LogP contribution in [-0.4, -0.2) is 14.5 Å². The first kappa shape index (κ1) is 13.9. The molecule has 23 heavy (non-hydrogen) atoms. The molecule has 0 fully saturated rings. The zero-order chi connectivity index (χ0) is 15.8. The molecule has 0 aliphatic heterocycles. The van der Waals surface area contributed by atoms with Gasteiger partial charge >= 0.3 is 5.63 Å². The van der Waals surface area contributed by atoms with E-state index in [-0.39, 0.29) is 5.75 Å². The van der Waals surface area contributed by atoms with Crippen LogP contribution < -0.4 is 5.63 Å². The number of imidazole rings is 1. The third-order valence-electron chi connectivity index (χ3n) is 3.58. The van der Waals surface area contributed by atoms with E-state index in [0.717, 1.165) is 21.6 Å². The molecule has 114 valence electrons. The van der Waals surface area contributed by atoms with Gasteiger partial charge in [-0.3, -0.25) is 4.40 Å². The fourth-order valence-corrected chi connectivity index (χ4v) is 3.46. The Morgan fingerprint density at radius 3 is 3.04 bits per heavy atom. The van der Waals surface area contributed by atoms with Gasteiger partial charge in [0.15, 0.2) is 5.16 Å². The van der Waals surface area contributed by atoms with Gasteiger partial charge in [-0.05, 0) is 29.8 Å². The highest BCUT2D eigenvalue weighted by Gasteiger charge is 2.09. The summed E-state index contributed by atoms with van der Waals surface area (Å²) < 4.78 is 7.15. The van der Waals surface area contributed by atoms with Crippen LogP contribution in [0.4, 0.5) is 0 Å². The molecule has 4 rings (SSSR count). The lowest BCUT2D eigenvalue weighted by atomic mass is 10.1. The lowest BCUT2D eigenvalue weighted by Gasteiger charge is -2.05. The van der Waals surface area contributed by atoms with Gasteiger partial charge in [0, 0.05) is 29.5 Å². The first-order chi connectivity index (χ1) is 11.2. The normalized spacial score (nSPS) is 11.3. The molecule has 0 aliphatic rings. The Bertz CT molecular complexity index is 1070. The molecule has 4 aromatic rings. The second-order valence-electron chi connectivity index (χ2n) is 5.10. The standard InChI is InChI=1S/C17H12N2O3S/c20-13-4-5-14-11(7-16(21)22-15(14)8-13)10-23-17-18-9-12-3-1-2-6-19(12)17/h1-9,20H,10H2. The first-order valence-electron chi connectivity index (χ1n) is 7.01. The van der Waals surface area contributed by atoms with Crippen LogP contribution in [0, 0.1) is 0 Å². The highest BCUT2D eigenvalue weighted by Crippen LogP contribution is 2.27. The second kappa shape index (κ2) is 5.48. The molecule has 1 N–H and O–H groups in total. The molecule has 0 saturated carbocycles. The van der Waals surface area contributed by atoms with Crippen molar-refractivity contribution < 1.29 is 9.52 Å². The van der Waals surface area contributed by atoms with Crippen LogP contribution >= 0.6 is 11.8 Å². The number of aromatic hydroxyl groups is 1. The van der Waals surface area contributed by atoms with Crippen molar-refractivity contribution in [3.8, 4) is 5.75 Å². The molecule has 0 amide bonds. The quantitative estimate of drug-likeness (QED) is 0.462. The highest BCUT2D eigenvalue weighted by molar-refractivity contribution is 7.98. The number of thioether (sulfide) groups is 1. The average molecular weight is 324 g/mol. The van der Waals surface area contributed by atoms with Crippen molar-refractivity contribution in [3.63, 3.8) is 0 Å². The second-order valence-corrected chi connectivity index (χ2v) is 6.04. The molecule has 6 heteroatoms. The Balaban J connectivity index is 1.71. The molecule has 0 unspecified atom stereocenters. The van der Waals surface area contributed by atoms with Crippen LogP contribution in [0.3, 0.4) is 0 Å².